The summed E-state index contributed by atoms with van der Waals surface area (Å²) in [5, 5.41) is 0. The molecule has 0 aromatic heterocycles. The van der Waals surface area contributed by atoms with Gasteiger partial charge in [0.05, 0.1) is 12.2 Å². The van der Waals surface area contributed by atoms with E-state index in [4.69, 9.17) is 20.6 Å². The van der Waals surface area contributed by atoms with Crippen LogP contribution in [-0.4, -0.2) is 17.8 Å². The lowest BCUT2D eigenvalue weighted by molar-refractivity contribution is 0.100. The molecule has 2 unspecified atom stereocenters. The van der Waals surface area contributed by atoms with E-state index in [0.717, 1.165) is 38.5 Å². The molecule has 0 saturated carbocycles. The molecule has 0 radical (unpaired) electrons. The second kappa shape index (κ2) is 13.8. The second-order valence-corrected chi connectivity index (χ2v) is 8.59. The van der Waals surface area contributed by atoms with Gasteiger partial charge in [0.15, 0.2) is 0 Å². The molecule has 0 saturated heterocycles. The van der Waals surface area contributed by atoms with Crippen molar-refractivity contribution < 1.29 is 13.6 Å². The van der Waals surface area contributed by atoms with Gasteiger partial charge in [0.1, 0.15) is 5.62 Å². The average molecular weight is 355 g/mol. The van der Waals surface area contributed by atoms with E-state index in [0.29, 0.717) is 0 Å². The fourth-order valence-electron chi connectivity index (χ4n) is 2.44. The van der Waals surface area contributed by atoms with Crippen LogP contribution < -0.4 is 0 Å². The molecule has 22 heavy (non-hydrogen) atoms. The van der Waals surface area contributed by atoms with Gasteiger partial charge in [-0.15, -0.1) is 11.6 Å². The molecule has 0 aliphatic heterocycles. The first-order valence-corrected chi connectivity index (χ1v) is 11.3. The molecule has 3 nitrogen and oxygen atoms in total. The minimum atomic E-state index is -3.18. The second-order valence-electron chi connectivity index (χ2n) is 5.99. The third-order valence-corrected chi connectivity index (χ3v) is 6.35. The van der Waals surface area contributed by atoms with Gasteiger partial charge < -0.3 is 9.05 Å². The summed E-state index contributed by atoms with van der Waals surface area (Å²) in [5.41, 5.74) is -0.0540. The minimum Gasteiger partial charge on any atom is -0.304 e. The summed E-state index contributed by atoms with van der Waals surface area (Å²) in [7, 11) is -3.18. The molecule has 0 aromatic rings. The van der Waals surface area contributed by atoms with Gasteiger partial charge in [0.25, 0.3) is 0 Å². The standard InChI is InChI=1S/C17H36ClO3P/c1-5-9-11-13-16(7-3)20-22(19,15-18)21-17(8-4)14-12-10-6-2/h16-17H,5-15H2,1-4H3. The van der Waals surface area contributed by atoms with Crippen LogP contribution >= 0.6 is 19.2 Å². The minimum absolute atomic E-state index is 0.00992. The van der Waals surface area contributed by atoms with E-state index >= 15 is 0 Å². The van der Waals surface area contributed by atoms with E-state index < -0.39 is 7.60 Å². The van der Waals surface area contributed by atoms with Gasteiger partial charge in [-0.2, -0.15) is 0 Å². The highest BCUT2D eigenvalue weighted by atomic mass is 35.5. The Morgan fingerprint density at radius 1 is 0.818 bits per heavy atom. The number of hydrogen-bond acceptors (Lipinski definition) is 3. The van der Waals surface area contributed by atoms with Gasteiger partial charge in [-0.1, -0.05) is 66.2 Å². The number of unbranched alkanes of at least 4 members (excludes halogenated alkanes) is 4. The van der Waals surface area contributed by atoms with E-state index in [-0.39, 0.29) is 17.8 Å². The van der Waals surface area contributed by atoms with Crippen LogP contribution in [0.5, 0.6) is 0 Å². The summed E-state index contributed by atoms with van der Waals surface area (Å²) in [6, 6.07) is 0. The van der Waals surface area contributed by atoms with Crippen LogP contribution in [0.1, 0.15) is 91.9 Å². The van der Waals surface area contributed by atoms with E-state index in [9.17, 15) is 4.57 Å². The molecule has 0 aliphatic rings. The quantitative estimate of drug-likeness (QED) is 0.178. The summed E-state index contributed by atoms with van der Waals surface area (Å²) in [6.07, 6.45) is 10.5. The van der Waals surface area contributed by atoms with Crippen molar-refractivity contribution >= 4 is 19.2 Å². The molecule has 5 heteroatoms. The predicted molar refractivity (Wildman–Crippen MR) is 96.9 cm³/mol. The highest BCUT2D eigenvalue weighted by molar-refractivity contribution is 7.55. The van der Waals surface area contributed by atoms with Crippen molar-refractivity contribution in [1.82, 2.24) is 0 Å². The third-order valence-electron chi connectivity index (χ3n) is 3.94. The smallest absolute Gasteiger partial charge is 0.304 e. The number of rotatable bonds is 15. The molecular weight excluding hydrogens is 319 g/mol. The van der Waals surface area contributed by atoms with Gasteiger partial charge >= 0.3 is 7.60 Å². The van der Waals surface area contributed by atoms with E-state index in [1.807, 2.05) is 0 Å². The Morgan fingerprint density at radius 2 is 1.23 bits per heavy atom. The molecule has 0 N–H and O–H groups in total. The highest BCUT2D eigenvalue weighted by Gasteiger charge is 2.30. The van der Waals surface area contributed by atoms with E-state index in [2.05, 4.69) is 27.7 Å². The topological polar surface area (TPSA) is 35.5 Å². The van der Waals surface area contributed by atoms with Crippen LogP contribution in [0.3, 0.4) is 0 Å². The lowest BCUT2D eigenvalue weighted by Crippen LogP contribution is -2.16. The fourth-order valence-corrected chi connectivity index (χ4v) is 4.36. The summed E-state index contributed by atoms with van der Waals surface area (Å²) < 4.78 is 24.5. The lowest BCUT2D eigenvalue weighted by Gasteiger charge is -2.26. The zero-order chi connectivity index (χ0) is 16.8. The van der Waals surface area contributed by atoms with Gasteiger partial charge in [-0.3, -0.25) is 4.57 Å². The lowest BCUT2D eigenvalue weighted by atomic mass is 10.1. The Kier molecular flexibility index (Phi) is 14.1. The zero-order valence-corrected chi connectivity index (χ0v) is 16.6. The maximum Gasteiger partial charge on any atom is 0.345 e. The molecule has 0 fully saturated rings. The maximum atomic E-state index is 12.8. The van der Waals surface area contributed by atoms with Gasteiger partial charge in [0.2, 0.25) is 0 Å². The first-order valence-electron chi connectivity index (χ1n) is 9.06. The first kappa shape index (κ1) is 22.4. The normalized spacial score (nSPS) is 17.1. The van der Waals surface area contributed by atoms with Crippen molar-refractivity contribution in [1.29, 1.82) is 0 Å². The molecule has 0 rings (SSSR count). The largest absolute Gasteiger partial charge is 0.345 e. The molecule has 0 aliphatic carbocycles. The number of alkyl halides is 1. The van der Waals surface area contributed by atoms with Gasteiger partial charge in [0, 0.05) is 0 Å². The molecule has 0 spiro atoms. The van der Waals surface area contributed by atoms with Crippen molar-refractivity contribution in [2.45, 2.75) is 104 Å². The Labute approximate surface area is 143 Å². The molecule has 134 valence electrons. The molecule has 2 atom stereocenters. The summed E-state index contributed by atoms with van der Waals surface area (Å²) in [6.45, 7) is 8.48. The van der Waals surface area contributed by atoms with Crippen LogP contribution in [0.4, 0.5) is 0 Å². The summed E-state index contributed by atoms with van der Waals surface area (Å²) in [5.74, 6) is 0. The average Bonchev–Trinajstić information content (AvgIpc) is 2.53. The van der Waals surface area contributed by atoms with Crippen molar-refractivity contribution in [2.24, 2.45) is 0 Å². The molecule has 0 heterocycles. The SMILES string of the molecule is CCCCCC(CC)OP(=O)(CCl)OC(CC)CCCCC. The Hall–Kier alpha value is 0.440. The van der Waals surface area contributed by atoms with Crippen LogP contribution in [0, 0.1) is 0 Å². The van der Waals surface area contributed by atoms with Crippen molar-refractivity contribution in [2.75, 3.05) is 5.62 Å². The van der Waals surface area contributed by atoms with Gasteiger partial charge in [-0.05, 0) is 25.7 Å². The Morgan fingerprint density at radius 3 is 1.50 bits per heavy atom. The Bertz CT molecular complexity index is 276. The fraction of sp³-hybridized carbons (Fsp3) is 1.00. The van der Waals surface area contributed by atoms with Crippen LogP contribution in [0.2, 0.25) is 0 Å². The number of halogens is 1. The van der Waals surface area contributed by atoms with Crippen molar-refractivity contribution in [3.63, 3.8) is 0 Å². The van der Waals surface area contributed by atoms with E-state index in [1.54, 1.807) is 0 Å². The molecule has 0 bridgehead atoms. The molecular formula is C17H36ClO3P. The monoisotopic (exact) mass is 354 g/mol. The zero-order valence-electron chi connectivity index (χ0n) is 15.0. The van der Waals surface area contributed by atoms with Crippen LogP contribution in [0.15, 0.2) is 0 Å². The maximum absolute atomic E-state index is 12.8. The third kappa shape index (κ3) is 10.3. The first-order chi connectivity index (χ1) is 10.5. The van der Waals surface area contributed by atoms with E-state index in [1.165, 1.54) is 25.7 Å². The Balaban J connectivity index is 4.47. The summed E-state index contributed by atoms with van der Waals surface area (Å²) >= 11 is 5.92. The summed E-state index contributed by atoms with van der Waals surface area (Å²) in [4.78, 5) is 0. The highest BCUT2D eigenvalue weighted by Crippen LogP contribution is 2.53. The van der Waals surface area contributed by atoms with Crippen molar-refractivity contribution in [3.8, 4) is 0 Å². The number of hydrogen-bond donors (Lipinski definition) is 0. The predicted octanol–water partition coefficient (Wildman–Crippen LogP) is 7.13. The molecule has 0 aromatic carbocycles. The van der Waals surface area contributed by atoms with Gasteiger partial charge in [-0.25, -0.2) is 0 Å². The molecule has 0 amide bonds. The van der Waals surface area contributed by atoms with Crippen LogP contribution in [-0.2, 0) is 13.6 Å². The van der Waals surface area contributed by atoms with Crippen molar-refractivity contribution in [3.05, 3.63) is 0 Å². The van der Waals surface area contributed by atoms with Crippen LogP contribution in [0.25, 0.3) is 0 Å².